The summed E-state index contributed by atoms with van der Waals surface area (Å²) in [6.45, 7) is 2.35. The average molecular weight is 483 g/mol. The fourth-order valence-electron chi connectivity index (χ4n) is 4.03. The summed E-state index contributed by atoms with van der Waals surface area (Å²) in [5, 5.41) is 0.695. The van der Waals surface area contributed by atoms with Crippen LogP contribution in [0.25, 0.3) is 0 Å². The van der Waals surface area contributed by atoms with Crippen molar-refractivity contribution in [2.45, 2.75) is 37.0 Å². The smallest absolute Gasteiger partial charge is 0.248 e. The molecule has 12 nitrogen and oxygen atoms in total. The molecule has 2 fully saturated rings. The number of hydrogen-bond donors (Lipinski definition) is 6. The Morgan fingerprint density at radius 2 is 1.16 bits per heavy atom. The largest absolute Gasteiger partial charge is 0.338 e. The number of halogens is 2. The molecule has 0 radical (unpaired) electrons. The van der Waals surface area contributed by atoms with Crippen molar-refractivity contribution < 1.29 is 0 Å². The lowest BCUT2D eigenvalue weighted by Gasteiger charge is -2.37. The van der Waals surface area contributed by atoms with E-state index in [0.717, 1.165) is 12.8 Å². The number of rotatable bonds is 5. The quantitative estimate of drug-likeness (QED) is 0.307. The number of nitrogens with two attached hydrogens (primary N) is 4. The van der Waals surface area contributed by atoms with Gasteiger partial charge >= 0.3 is 0 Å². The van der Waals surface area contributed by atoms with Crippen molar-refractivity contribution in [1.29, 1.82) is 0 Å². The number of piperidine rings is 2. The van der Waals surface area contributed by atoms with Gasteiger partial charge < -0.3 is 32.7 Å². The maximum absolute atomic E-state index is 6.19. The lowest BCUT2D eigenvalue weighted by Crippen LogP contribution is -2.54. The minimum atomic E-state index is -0.0697. The van der Waals surface area contributed by atoms with E-state index < -0.39 is 0 Å². The summed E-state index contributed by atoms with van der Waals surface area (Å²) in [5.74, 6) is 1.20. The van der Waals surface area contributed by atoms with E-state index in [2.05, 4.69) is 30.8 Å². The first-order valence-electron chi connectivity index (χ1n) is 10.4. The van der Waals surface area contributed by atoms with Gasteiger partial charge in [0.2, 0.25) is 17.8 Å². The molecule has 0 bridgehead atoms. The maximum Gasteiger partial charge on any atom is 0.248 e. The van der Waals surface area contributed by atoms with Crippen molar-refractivity contribution in [3.05, 3.63) is 22.4 Å². The summed E-state index contributed by atoms with van der Waals surface area (Å²) in [6, 6.07) is -0.279. The van der Waals surface area contributed by atoms with E-state index in [-0.39, 0.29) is 30.1 Å². The average Bonchev–Trinajstić information content (AvgIpc) is 2.72. The molecule has 0 amide bonds. The molecule has 0 spiro atoms. The summed E-state index contributed by atoms with van der Waals surface area (Å²) >= 11 is 12.4. The second kappa shape index (κ2) is 9.73. The Bertz CT molecular complexity index is 862. The number of hydrogen-bond acceptors (Lipinski definition) is 12. The fraction of sp³-hybridized carbons (Fsp3) is 0.556. The number of hydrazine groups is 1. The Morgan fingerprint density at radius 3 is 1.59 bits per heavy atom. The number of anilines is 4. The number of nitrogens with zero attached hydrogens (tertiary/aromatic N) is 6. The first-order chi connectivity index (χ1) is 15.3. The molecule has 0 aromatic carbocycles. The molecular formula is C18H28Cl2N12. The van der Waals surface area contributed by atoms with Crippen molar-refractivity contribution in [2.24, 2.45) is 22.9 Å². The SMILES string of the molecule is N[C@@H]1C[C@H](N)CN(c2nc(NNc3c(Cl)cncc3Cl)nc(N3C[C@H](N)C[C@H](N)C3)n2)C1. The van der Waals surface area contributed by atoms with Crippen molar-refractivity contribution in [3.8, 4) is 0 Å². The summed E-state index contributed by atoms with van der Waals surface area (Å²) in [7, 11) is 0. The Morgan fingerprint density at radius 1 is 0.719 bits per heavy atom. The molecule has 10 N–H and O–H groups in total. The van der Waals surface area contributed by atoms with Gasteiger partial charge in [-0.05, 0) is 12.8 Å². The van der Waals surface area contributed by atoms with E-state index in [1.54, 1.807) is 0 Å². The summed E-state index contributed by atoms with van der Waals surface area (Å²) < 4.78 is 0. The molecule has 14 heteroatoms. The molecule has 0 aliphatic carbocycles. The minimum absolute atomic E-state index is 0.0697. The van der Waals surface area contributed by atoms with E-state index in [1.807, 2.05) is 9.80 Å². The van der Waals surface area contributed by atoms with Crippen LogP contribution >= 0.6 is 23.2 Å². The number of aromatic nitrogens is 4. The van der Waals surface area contributed by atoms with Crippen LogP contribution in [-0.4, -0.2) is 70.3 Å². The van der Waals surface area contributed by atoms with E-state index in [0.29, 0.717) is 53.8 Å². The molecule has 4 atom stereocenters. The normalized spacial score (nSPS) is 26.2. The van der Waals surface area contributed by atoms with E-state index >= 15 is 0 Å². The summed E-state index contributed by atoms with van der Waals surface area (Å²) in [6.07, 6.45) is 4.45. The standard InChI is InChI=1S/C18H28Cl2N12/c19-13-3-25-4-14(20)15(13)29-30-16-26-17(31-5-9(21)1-10(22)6-31)28-18(27-16)32-7-11(23)2-12(24)8-32/h3-4,9-12H,1-2,5-8,21-24H2,(H,25,29)(H,26,27,28,30)/t9-,10+,11-,12+. The Kier molecular flexibility index (Phi) is 6.98. The Labute approximate surface area is 196 Å². The first-order valence-corrected chi connectivity index (χ1v) is 11.1. The maximum atomic E-state index is 6.19. The van der Waals surface area contributed by atoms with Gasteiger partial charge in [-0.1, -0.05) is 23.2 Å². The zero-order chi connectivity index (χ0) is 22.8. The van der Waals surface area contributed by atoms with Crippen molar-refractivity contribution in [3.63, 3.8) is 0 Å². The summed E-state index contributed by atoms with van der Waals surface area (Å²) in [4.78, 5) is 21.7. The Balaban J connectivity index is 1.64. The van der Waals surface area contributed by atoms with Gasteiger partial charge in [-0.3, -0.25) is 15.8 Å². The third-order valence-electron chi connectivity index (χ3n) is 5.36. The molecule has 4 heterocycles. The first kappa shape index (κ1) is 23.0. The molecule has 2 aliphatic rings. The van der Waals surface area contributed by atoms with E-state index in [4.69, 9.17) is 46.1 Å². The van der Waals surface area contributed by atoms with Gasteiger partial charge in [0.05, 0.1) is 15.7 Å². The monoisotopic (exact) mass is 482 g/mol. The lowest BCUT2D eigenvalue weighted by atomic mass is 10.0. The van der Waals surface area contributed by atoms with Crippen molar-refractivity contribution >= 4 is 46.7 Å². The van der Waals surface area contributed by atoms with Gasteiger partial charge in [-0.15, -0.1) is 0 Å². The van der Waals surface area contributed by atoms with Crippen LogP contribution < -0.4 is 43.6 Å². The van der Waals surface area contributed by atoms with Crippen molar-refractivity contribution in [2.75, 3.05) is 46.8 Å². The highest BCUT2D eigenvalue weighted by atomic mass is 35.5. The van der Waals surface area contributed by atoms with Crippen LogP contribution in [0.3, 0.4) is 0 Å². The van der Waals surface area contributed by atoms with Crippen LogP contribution in [0, 0.1) is 0 Å². The highest BCUT2D eigenvalue weighted by molar-refractivity contribution is 6.38. The molecule has 174 valence electrons. The predicted octanol–water partition coefficient (Wildman–Crippen LogP) is -0.258. The molecule has 32 heavy (non-hydrogen) atoms. The molecule has 0 saturated carbocycles. The molecule has 2 aromatic heterocycles. The van der Waals surface area contributed by atoms with Gasteiger partial charge in [0.25, 0.3) is 0 Å². The molecule has 0 unspecified atom stereocenters. The second-order valence-corrected chi connectivity index (χ2v) is 9.12. The van der Waals surface area contributed by atoms with Crippen LogP contribution in [0.1, 0.15) is 12.8 Å². The summed E-state index contributed by atoms with van der Waals surface area (Å²) in [5.41, 5.74) is 31.1. The van der Waals surface area contributed by atoms with Crippen LogP contribution in [-0.2, 0) is 0 Å². The minimum Gasteiger partial charge on any atom is -0.338 e. The van der Waals surface area contributed by atoms with Crippen molar-refractivity contribution in [1.82, 2.24) is 19.9 Å². The van der Waals surface area contributed by atoms with Gasteiger partial charge in [0, 0.05) is 62.7 Å². The van der Waals surface area contributed by atoms with Gasteiger partial charge in [0.1, 0.15) is 0 Å². The highest BCUT2D eigenvalue weighted by Crippen LogP contribution is 2.29. The molecule has 4 rings (SSSR count). The number of nitrogens with one attached hydrogen (secondary N) is 2. The van der Waals surface area contributed by atoms with Crippen LogP contribution in [0.4, 0.5) is 23.5 Å². The third-order valence-corrected chi connectivity index (χ3v) is 5.93. The highest BCUT2D eigenvalue weighted by Gasteiger charge is 2.28. The fourth-order valence-corrected chi connectivity index (χ4v) is 4.48. The van der Waals surface area contributed by atoms with Crippen LogP contribution in [0.15, 0.2) is 12.4 Å². The zero-order valence-corrected chi connectivity index (χ0v) is 19.0. The topological polar surface area (TPSA) is 186 Å². The molecule has 2 aliphatic heterocycles. The zero-order valence-electron chi connectivity index (χ0n) is 17.5. The van der Waals surface area contributed by atoms with E-state index in [9.17, 15) is 0 Å². The lowest BCUT2D eigenvalue weighted by molar-refractivity contribution is 0.441. The van der Waals surface area contributed by atoms with Crippen LogP contribution in [0.2, 0.25) is 10.0 Å². The van der Waals surface area contributed by atoms with Gasteiger partial charge in [-0.25, -0.2) is 0 Å². The third kappa shape index (κ3) is 5.39. The van der Waals surface area contributed by atoms with Gasteiger partial charge in [-0.2, -0.15) is 15.0 Å². The molecular weight excluding hydrogens is 455 g/mol. The Hall–Kier alpha value is -2.22. The van der Waals surface area contributed by atoms with E-state index in [1.165, 1.54) is 12.4 Å². The van der Waals surface area contributed by atoms with Crippen LogP contribution in [0.5, 0.6) is 0 Å². The predicted molar refractivity (Wildman–Crippen MR) is 127 cm³/mol. The number of pyridine rings is 1. The van der Waals surface area contributed by atoms with Gasteiger partial charge in [0.15, 0.2) is 0 Å². The molecule has 2 aromatic rings. The second-order valence-electron chi connectivity index (χ2n) is 8.31. The molecule has 2 saturated heterocycles.